The molecule has 2 aromatic rings. The van der Waals surface area contributed by atoms with Crippen LogP contribution < -0.4 is 10.6 Å². The molecule has 1 saturated carbocycles. The Hall–Kier alpha value is -2.73. The van der Waals surface area contributed by atoms with Gasteiger partial charge < -0.3 is 10.2 Å². The Balaban J connectivity index is 1.44. The quantitative estimate of drug-likeness (QED) is 0.718. The first-order valence-electron chi connectivity index (χ1n) is 11.2. The van der Waals surface area contributed by atoms with Crippen molar-refractivity contribution in [2.24, 2.45) is 5.92 Å². The molecule has 1 saturated heterocycles. The Bertz CT molecular complexity index is 887. The van der Waals surface area contributed by atoms with Crippen LogP contribution in [0.1, 0.15) is 43.2 Å². The lowest BCUT2D eigenvalue weighted by atomic mass is 9.82. The second-order valence-corrected chi connectivity index (χ2v) is 8.61. The van der Waals surface area contributed by atoms with E-state index in [1.165, 1.54) is 12.1 Å². The van der Waals surface area contributed by atoms with E-state index in [2.05, 4.69) is 10.6 Å². The van der Waals surface area contributed by atoms with Gasteiger partial charge in [0.25, 0.3) is 0 Å². The van der Waals surface area contributed by atoms with Crippen LogP contribution in [0.25, 0.3) is 0 Å². The van der Waals surface area contributed by atoms with Gasteiger partial charge in [0.15, 0.2) is 0 Å². The first-order valence-corrected chi connectivity index (χ1v) is 11.2. The average molecular weight is 424 g/mol. The molecule has 0 radical (unpaired) electrons. The van der Waals surface area contributed by atoms with E-state index in [0.29, 0.717) is 25.9 Å². The first kappa shape index (κ1) is 21.5. The van der Waals surface area contributed by atoms with Crippen LogP contribution in [0, 0.1) is 11.7 Å². The zero-order chi connectivity index (χ0) is 21.6. The Morgan fingerprint density at radius 2 is 1.74 bits per heavy atom. The van der Waals surface area contributed by atoms with Gasteiger partial charge in [-0.05, 0) is 42.5 Å². The van der Waals surface area contributed by atoms with Crippen LogP contribution in [0.15, 0.2) is 54.6 Å². The van der Waals surface area contributed by atoms with Gasteiger partial charge in [-0.2, -0.15) is 0 Å². The van der Waals surface area contributed by atoms with E-state index < -0.39 is 0 Å². The second kappa shape index (κ2) is 10.1. The van der Waals surface area contributed by atoms with Crippen LogP contribution in [0.2, 0.25) is 0 Å². The van der Waals surface area contributed by atoms with E-state index in [4.69, 9.17) is 0 Å². The zero-order valence-corrected chi connectivity index (χ0v) is 17.7. The van der Waals surface area contributed by atoms with Crippen molar-refractivity contribution < 1.29 is 14.0 Å². The minimum absolute atomic E-state index is 0.0231. The molecule has 2 N–H and O–H groups in total. The van der Waals surface area contributed by atoms with Crippen LogP contribution in [0.4, 0.5) is 4.39 Å². The number of hydrogen-bond acceptors (Lipinski definition) is 3. The summed E-state index contributed by atoms with van der Waals surface area (Å²) < 4.78 is 13.3. The Labute approximate surface area is 183 Å². The average Bonchev–Trinajstić information content (AvgIpc) is 2.79. The largest absolute Gasteiger partial charge is 0.339 e. The van der Waals surface area contributed by atoms with Crippen LogP contribution in [0.3, 0.4) is 0 Å². The van der Waals surface area contributed by atoms with Gasteiger partial charge in [-0.25, -0.2) is 4.39 Å². The Morgan fingerprint density at radius 3 is 2.52 bits per heavy atom. The van der Waals surface area contributed by atoms with Gasteiger partial charge in [-0.15, -0.1) is 0 Å². The minimum atomic E-state index is -0.296. The fourth-order valence-corrected chi connectivity index (χ4v) is 4.66. The molecule has 0 spiro atoms. The summed E-state index contributed by atoms with van der Waals surface area (Å²) in [7, 11) is 0. The number of rotatable bonds is 7. The number of nitrogens with one attached hydrogen (secondary N) is 2. The summed E-state index contributed by atoms with van der Waals surface area (Å²) in [5.41, 5.74) is 1.99. The molecule has 3 unspecified atom stereocenters. The maximum atomic E-state index is 13.3. The van der Waals surface area contributed by atoms with Crippen molar-refractivity contribution >= 4 is 11.8 Å². The summed E-state index contributed by atoms with van der Waals surface area (Å²) in [5, 5.41) is 6.62. The molecule has 0 aromatic heterocycles. The smallest absolute Gasteiger partial charge is 0.225 e. The topological polar surface area (TPSA) is 61.4 Å². The Kier molecular flexibility index (Phi) is 6.97. The summed E-state index contributed by atoms with van der Waals surface area (Å²) in [5.74, 6) is -0.151. The summed E-state index contributed by atoms with van der Waals surface area (Å²) in [4.78, 5) is 27.5. The van der Waals surface area contributed by atoms with Crippen molar-refractivity contribution in [3.63, 3.8) is 0 Å². The van der Waals surface area contributed by atoms with E-state index >= 15 is 0 Å². The maximum Gasteiger partial charge on any atom is 0.225 e. The molecule has 2 aromatic carbocycles. The Morgan fingerprint density at radius 1 is 1.00 bits per heavy atom. The number of aryl methyl sites for hydroxylation is 1. The monoisotopic (exact) mass is 423 g/mol. The third-order valence-electron chi connectivity index (χ3n) is 6.35. The normalized spacial score (nSPS) is 23.0. The molecular weight excluding hydrogens is 393 g/mol. The predicted octanol–water partition coefficient (Wildman–Crippen LogP) is 3.39. The highest BCUT2D eigenvalue weighted by Crippen LogP contribution is 2.27. The fourth-order valence-electron chi connectivity index (χ4n) is 4.66. The van der Waals surface area contributed by atoms with E-state index in [1.54, 1.807) is 17.0 Å². The third kappa shape index (κ3) is 5.70. The third-order valence-corrected chi connectivity index (χ3v) is 6.35. The number of hydrogen-bond donors (Lipinski definition) is 2. The highest BCUT2D eigenvalue weighted by atomic mass is 19.1. The summed E-state index contributed by atoms with van der Waals surface area (Å²) in [6, 6.07) is 16.4. The first-order chi connectivity index (χ1) is 15.1. The number of fused-ring (bicyclic) bond motifs is 1. The van der Waals surface area contributed by atoms with Gasteiger partial charge in [0.2, 0.25) is 11.8 Å². The molecule has 6 heteroatoms. The molecule has 3 atom stereocenters. The lowest BCUT2D eigenvalue weighted by Gasteiger charge is -2.41. The van der Waals surface area contributed by atoms with Crippen molar-refractivity contribution in [3.05, 3.63) is 71.5 Å². The zero-order valence-electron chi connectivity index (χ0n) is 17.7. The van der Waals surface area contributed by atoms with E-state index in [0.717, 1.165) is 36.8 Å². The molecular formula is C25H30FN3O2. The minimum Gasteiger partial charge on any atom is -0.339 e. The van der Waals surface area contributed by atoms with Crippen molar-refractivity contribution in [1.82, 2.24) is 15.5 Å². The van der Waals surface area contributed by atoms with Gasteiger partial charge in [-0.3, -0.25) is 14.9 Å². The van der Waals surface area contributed by atoms with Gasteiger partial charge in [0, 0.05) is 19.0 Å². The van der Waals surface area contributed by atoms with Crippen molar-refractivity contribution in [2.75, 3.05) is 6.54 Å². The standard InChI is InChI=1S/C25H30FN3O2/c26-20-13-10-19(11-14-20)16-29(24(30)15-12-18-6-2-1-3-7-18)17-23-27-22-9-5-4-8-21(22)25(31)28-23/h1-3,6-7,10-11,13-14,21-23,27H,4-5,8-9,12,15-17H2,(H,28,31). The molecule has 0 bridgehead atoms. The van der Waals surface area contributed by atoms with Crippen molar-refractivity contribution in [3.8, 4) is 0 Å². The van der Waals surface area contributed by atoms with Crippen molar-refractivity contribution in [1.29, 1.82) is 0 Å². The highest BCUT2D eigenvalue weighted by Gasteiger charge is 2.38. The summed E-state index contributed by atoms with van der Waals surface area (Å²) >= 11 is 0. The summed E-state index contributed by atoms with van der Waals surface area (Å²) in [6.07, 6.45) is 4.92. The SMILES string of the molecule is O=C1NC(CN(Cc2ccc(F)cc2)C(=O)CCc2ccccc2)NC2CCCCC12. The van der Waals surface area contributed by atoms with Gasteiger partial charge >= 0.3 is 0 Å². The van der Waals surface area contributed by atoms with Crippen LogP contribution in [0.5, 0.6) is 0 Å². The number of benzene rings is 2. The van der Waals surface area contributed by atoms with E-state index in [9.17, 15) is 14.0 Å². The maximum absolute atomic E-state index is 13.3. The highest BCUT2D eigenvalue weighted by molar-refractivity contribution is 5.81. The number of carbonyl (C=O) groups excluding carboxylic acids is 2. The van der Waals surface area contributed by atoms with Crippen molar-refractivity contribution in [2.45, 2.75) is 57.3 Å². The van der Waals surface area contributed by atoms with E-state index in [-0.39, 0.29) is 35.8 Å². The molecule has 1 heterocycles. The van der Waals surface area contributed by atoms with Crippen LogP contribution in [-0.4, -0.2) is 35.5 Å². The molecule has 2 fully saturated rings. The lowest BCUT2D eigenvalue weighted by Crippen LogP contribution is -2.65. The molecule has 31 heavy (non-hydrogen) atoms. The molecule has 1 aliphatic carbocycles. The second-order valence-electron chi connectivity index (χ2n) is 8.61. The predicted molar refractivity (Wildman–Crippen MR) is 117 cm³/mol. The summed E-state index contributed by atoms with van der Waals surface area (Å²) in [6.45, 7) is 0.774. The fraction of sp³-hybridized carbons (Fsp3) is 0.440. The number of carbonyl (C=O) groups is 2. The van der Waals surface area contributed by atoms with Gasteiger partial charge in [0.05, 0.1) is 18.6 Å². The van der Waals surface area contributed by atoms with Gasteiger partial charge in [0.1, 0.15) is 5.82 Å². The molecule has 2 amide bonds. The molecule has 164 valence electrons. The lowest BCUT2D eigenvalue weighted by molar-refractivity contribution is -0.136. The molecule has 1 aliphatic heterocycles. The molecule has 5 nitrogen and oxygen atoms in total. The molecule has 4 rings (SSSR count). The van der Waals surface area contributed by atoms with Gasteiger partial charge in [-0.1, -0.05) is 55.3 Å². The van der Waals surface area contributed by atoms with E-state index in [1.807, 2.05) is 30.3 Å². The number of halogens is 1. The van der Waals surface area contributed by atoms with Crippen LogP contribution >= 0.6 is 0 Å². The number of amides is 2. The number of nitrogens with zero attached hydrogens (tertiary/aromatic N) is 1. The van der Waals surface area contributed by atoms with Crippen LogP contribution in [-0.2, 0) is 22.6 Å². The molecule has 2 aliphatic rings.